The van der Waals surface area contributed by atoms with Crippen molar-refractivity contribution < 1.29 is 4.79 Å². The maximum atomic E-state index is 11.4. The van der Waals surface area contributed by atoms with Crippen molar-refractivity contribution in [2.75, 3.05) is 0 Å². The molecule has 106 valence electrons. The van der Waals surface area contributed by atoms with Crippen molar-refractivity contribution >= 4 is 24.4 Å². The van der Waals surface area contributed by atoms with Gasteiger partial charge in [-0.2, -0.15) is 0 Å². The predicted octanol–water partition coefficient (Wildman–Crippen LogP) is 4.56. The normalized spacial score (nSPS) is 36.1. The number of Topliss-reactive ketones (excluding diaryl/α,β-unsaturated/α-hetero) is 1. The summed E-state index contributed by atoms with van der Waals surface area (Å²) in [6.45, 7) is 1.78. The van der Waals surface area contributed by atoms with Gasteiger partial charge in [0.1, 0.15) is 0 Å². The molecule has 2 radical (unpaired) electrons. The van der Waals surface area contributed by atoms with Crippen LogP contribution in [0.2, 0.25) is 4.98 Å². The third kappa shape index (κ3) is 4.97. The summed E-state index contributed by atoms with van der Waals surface area (Å²) < 4.78 is 0. The van der Waals surface area contributed by atoms with Crippen molar-refractivity contribution in [2.45, 2.75) is 76.1 Å². The van der Waals surface area contributed by atoms with Crippen molar-refractivity contribution in [3.63, 3.8) is 0 Å². The molecule has 0 saturated heterocycles. The topological polar surface area (TPSA) is 17.1 Å². The Labute approximate surface area is 129 Å². The van der Waals surface area contributed by atoms with Crippen LogP contribution < -0.4 is 0 Å². The second-order valence-corrected chi connectivity index (χ2v) is 8.02. The summed E-state index contributed by atoms with van der Waals surface area (Å²) in [4.78, 5) is 12.8. The standard InChI is InChI=1S/C17H29O.Ga/c1-13-3-5-15(6-4-13)7-8-16-9-11-17(12-10-16)14(2)18;/h13,15-17H,1,3-12H2,2H3;. The van der Waals surface area contributed by atoms with Crippen LogP contribution in [0.3, 0.4) is 0 Å². The zero-order valence-electron chi connectivity index (χ0n) is 12.6. The summed E-state index contributed by atoms with van der Waals surface area (Å²) in [7, 11) is 0. The van der Waals surface area contributed by atoms with Gasteiger partial charge in [-0.3, -0.25) is 4.79 Å². The van der Waals surface area contributed by atoms with E-state index < -0.39 is 0 Å². The molecule has 0 heterocycles. The van der Waals surface area contributed by atoms with Crippen LogP contribution in [0.15, 0.2) is 0 Å². The fourth-order valence-corrected chi connectivity index (χ4v) is 5.07. The number of hydrogen-bond acceptors (Lipinski definition) is 1. The molecular weight excluding hydrogens is 290 g/mol. The first-order chi connectivity index (χ1) is 9.19. The summed E-state index contributed by atoms with van der Waals surface area (Å²) in [5.41, 5.74) is 0. The van der Waals surface area contributed by atoms with Crippen LogP contribution in [0.1, 0.15) is 71.1 Å². The molecule has 2 fully saturated rings. The van der Waals surface area contributed by atoms with Crippen LogP contribution in [0.4, 0.5) is 0 Å². The van der Waals surface area contributed by atoms with E-state index in [4.69, 9.17) is 0 Å². The van der Waals surface area contributed by atoms with E-state index in [9.17, 15) is 4.79 Å². The Balaban J connectivity index is 1.61. The van der Waals surface area contributed by atoms with Crippen molar-refractivity contribution in [3.05, 3.63) is 0 Å². The molecule has 0 amide bonds. The molecule has 19 heavy (non-hydrogen) atoms. The monoisotopic (exact) mass is 318 g/mol. The number of hydrogen-bond donors (Lipinski definition) is 0. The van der Waals surface area contributed by atoms with E-state index in [1.807, 2.05) is 18.6 Å². The van der Waals surface area contributed by atoms with Crippen molar-refractivity contribution in [2.24, 2.45) is 23.7 Å². The number of carbonyl (C=O) groups excluding carboxylic acids is 1. The average Bonchev–Trinajstić information content (AvgIpc) is 2.46. The molecule has 2 heteroatoms. The summed E-state index contributed by atoms with van der Waals surface area (Å²) in [6, 6.07) is 0. The Morgan fingerprint density at radius 1 is 0.842 bits per heavy atom. The van der Waals surface area contributed by atoms with Crippen LogP contribution >= 0.6 is 0 Å². The summed E-state index contributed by atoms with van der Waals surface area (Å²) in [5.74, 6) is 3.85. The van der Waals surface area contributed by atoms with Crippen molar-refractivity contribution in [1.29, 1.82) is 0 Å². The Kier molecular flexibility index (Phi) is 6.54. The van der Waals surface area contributed by atoms with Gasteiger partial charge < -0.3 is 0 Å². The van der Waals surface area contributed by atoms with E-state index in [0.29, 0.717) is 11.7 Å². The van der Waals surface area contributed by atoms with E-state index in [0.717, 1.165) is 17.8 Å². The average molecular weight is 319 g/mol. The van der Waals surface area contributed by atoms with Gasteiger partial charge in [0, 0.05) is 0 Å². The molecule has 0 atom stereocenters. The van der Waals surface area contributed by atoms with E-state index in [1.165, 1.54) is 69.2 Å². The van der Waals surface area contributed by atoms with Crippen LogP contribution in [-0.4, -0.2) is 24.4 Å². The molecule has 0 aromatic carbocycles. The molecule has 1 nitrogen and oxygen atoms in total. The van der Waals surface area contributed by atoms with E-state index in [-0.39, 0.29) is 0 Å². The molecule has 0 spiro atoms. The van der Waals surface area contributed by atoms with E-state index in [1.54, 1.807) is 6.92 Å². The third-order valence-corrected chi connectivity index (χ3v) is 7.10. The van der Waals surface area contributed by atoms with Gasteiger partial charge in [0.2, 0.25) is 0 Å². The minimum absolute atomic E-state index is 0.401. The Bertz CT molecular complexity index is 273. The first kappa shape index (κ1) is 15.7. The molecule has 2 rings (SSSR count). The van der Waals surface area contributed by atoms with Crippen LogP contribution in [0, 0.1) is 23.7 Å². The van der Waals surface area contributed by atoms with Crippen LogP contribution in [0.5, 0.6) is 0 Å². The van der Waals surface area contributed by atoms with Gasteiger partial charge in [0.05, 0.1) is 0 Å². The summed E-state index contributed by atoms with van der Waals surface area (Å²) in [6.07, 6.45) is 13.9. The molecule has 0 aliphatic heterocycles. The molecule has 0 aromatic heterocycles. The number of rotatable bonds is 5. The molecule has 2 aliphatic rings. The SMILES string of the molecule is CC(=O)C1CCC(CCC2CCC([CH2][Ga])CC2)CC1. The van der Waals surface area contributed by atoms with Crippen molar-refractivity contribution in [1.82, 2.24) is 0 Å². The van der Waals surface area contributed by atoms with Crippen LogP contribution in [0.25, 0.3) is 0 Å². The van der Waals surface area contributed by atoms with E-state index in [2.05, 4.69) is 0 Å². The molecule has 0 bridgehead atoms. The fraction of sp³-hybridized carbons (Fsp3) is 0.941. The first-order valence-corrected chi connectivity index (χ1v) is 10.1. The van der Waals surface area contributed by atoms with Gasteiger partial charge >= 0.3 is 117 Å². The number of carbonyl (C=O) groups is 1. The zero-order chi connectivity index (χ0) is 13.7. The molecule has 0 unspecified atom stereocenters. The quantitative estimate of drug-likeness (QED) is 0.679. The molecule has 0 aromatic rings. The first-order valence-electron chi connectivity index (χ1n) is 8.39. The summed E-state index contributed by atoms with van der Waals surface area (Å²) in [5, 5.41) is 0. The van der Waals surface area contributed by atoms with Gasteiger partial charge in [-0.05, 0) is 6.92 Å². The predicted molar refractivity (Wildman–Crippen MR) is 81.4 cm³/mol. The van der Waals surface area contributed by atoms with Gasteiger partial charge in [0.15, 0.2) is 0 Å². The second kappa shape index (κ2) is 7.92. The van der Waals surface area contributed by atoms with E-state index >= 15 is 0 Å². The Morgan fingerprint density at radius 2 is 1.26 bits per heavy atom. The second-order valence-electron chi connectivity index (χ2n) is 7.03. The van der Waals surface area contributed by atoms with Gasteiger partial charge in [-0.25, -0.2) is 0 Å². The maximum absolute atomic E-state index is 11.4. The van der Waals surface area contributed by atoms with Crippen LogP contribution in [-0.2, 0) is 4.79 Å². The van der Waals surface area contributed by atoms with Crippen molar-refractivity contribution in [3.8, 4) is 0 Å². The van der Waals surface area contributed by atoms with Gasteiger partial charge in [0.25, 0.3) is 0 Å². The molecule has 2 aliphatic carbocycles. The Morgan fingerprint density at radius 3 is 1.68 bits per heavy atom. The zero-order valence-corrected chi connectivity index (χ0v) is 15.0. The third-order valence-electron chi connectivity index (χ3n) is 5.70. The van der Waals surface area contributed by atoms with Gasteiger partial charge in [-0.1, -0.05) is 0 Å². The van der Waals surface area contributed by atoms with Gasteiger partial charge in [-0.15, -0.1) is 0 Å². The summed E-state index contributed by atoms with van der Waals surface area (Å²) >= 11 is 1.92. The molecule has 0 N–H and O–H groups in total. The fourth-order valence-electron chi connectivity index (χ4n) is 4.08. The minimum atomic E-state index is 0.401. The Hall–Kier alpha value is 0.306. The molecule has 2 saturated carbocycles. The molecular formula is C17H29GaO. The number of ketones is 1.